The van der Waals surface area contributed by atoms with Crippen LogP contribution in [-0.2, 0) is 16.1 Å². The predicted octanol–water partition coefficient (Wildman–Crippen LogP) is 2.32. The maximum absolute atomic E-state index is 12.6. The van der Waals surface area contributed by atoms with Crippen LogP contribution < -0.4 is 5.32 Å². The van der Waals surface area contributed by atoms with E-state index < -0.39 is 0 Å². The maximum Gasteiger partial charge on any atom is 0.224 e. The van der Waals surface area contributed by atoms with Crippen LogP contribution in [0.2, 0.25) is 0 Å². The molecule has 1 aromatic carbocycles. The third-order valence-corrected chi connectivity index (χ3v) is 4.46. The molecule has 0 bridgehead atoms. The second-order valence-corrected chi connectivity index (χ2v) is 6.73. The topological polar surface area (TPSA) is 41.6 Å². The molecule has 0 spiro atoms. The Balaban J connectivity index is 1.62. The lowest BCUT2D eigenvalue weighted by atomic mass is 10.1. The fourth-order valence-corrected chi connectivity index (χ4v) is 3.16. The number of nitrogens with one attached hydrogen (secondary N) is 1. The molecule has 1 aromatic rings. The highest BCUT2D eigenvalue weighted by Crippen LogP contribution is 2.29. The van der Waals surface area contributed by atoms with Crippen molar-refractivity contribution >= 4 is 21.8 Å². The summed E-state index contributed by atoms with van der Waals surface area (Å²) in [5.74, 6) is 0.237. The molecular formula is C16H21BrN2O2. The molecule has 2 fully saturated rings. The largest absolute Gasteiger partial charge is 0.378 e. The van der Waals surface area contributed by atoms with Gasteiger partial charge in [0.2, 0.25) is 5.91 Å². The number of benzene rings is 1. The Morgan fingerprint density at radius 1 is 1.43 bits per heavy atom. The number of carbonyl (C=O) groups excluding carboxylic acids is 1. The van der Waals surface area contributed by atoms with E-state index in [1.807, 2.05) is 17.0 Å². The van der Waals surface area contributed by atoms with Crippen molar-refractivity contribution < 1.29 is 9.53 Å². The summed E-state index contributed by atoms with van der Waals surface area (Å²) in [4.78, 5) is 14.6. The van der Waals surface area contributed by atoms with E-state index in [0.29, 0.717) is 25.6 Å². The van der Waals surface area contributed by atoms with Crippen LogP contribution >= 0.6 is 15.9 Å². The molecule has 1 N–H and O–H groups in total. The SMILES string of the molecule is O=C(CC1COCCN1)N(Cc1cccc(Br)c1)C1CC1. The number of carbonyl (C=O) groups is 1. The van der Waals surface area contributed by atoms with Crippen LogP contribution in [0.4, 0.5) is 0 Å². The number of ether oxygens (including phenoxy) is 1. The van der Waals surface area contributed by atoms with E-state index in [2.05, 4.69) is 33.4 Å². The molecule has 1 aliphatic carbocycles. The van der Waals surface area contributed by atoms with Crippen molar-refractivity contribution in [3.05, 3.63) is 34.3 Å². The molecule has 0 aromatic heterocycles. The van der Waals surface area contributed by atoms with Gasteiger partial charge in [-0.1, -0.05) is 28.1 Å². The first kappa shape index (κ1) is 15.0. The van der Waals surface area contributed by atoms with Gasteiger partial charge in [-0.2, -0.15) is 0 Å². The summed E-state index contributed by atoms with van der Waals surface area (Å²) in [6, 6.07) is 8.79. The van der Waals surface area contributed by atoms with Gasteiger partial charge in [-0.15, -0.1) is 0 Å². The normalized spacial score (nSPS) is 22.0. The van der Waals surface area contributed by atoms with Gasteiger partial charge in [0.25, 0.3) is 0 Å². The zero-order chi connectivity index (χ0) is 14.7. The van der Waals surface area contributed by atoms with Crippen molar-refractivity contribution in [3.63, 3.8) is 0 Å². The Hall–Kier alpha value is -0.910. The number of morpholine rings is 1. The van der Waals surface area contributed by atoms with Crippen LogP contribution in [0.3, 0.4) is 0 Å². The van der Waals surface area contributed by atoms with Crippen molar-refractivity contribution in [3.8, 4) is 0 Å². The van der Waals surface area contributed by atoms with Crippen molar-refractivity contribution in [2.24, 2.45) is 0 Å². The summed E-state index contributed by atoms with van der Waals surface area (Å²) in [5, 5.41) is 3.36. The lowest BCUT2D eigenvalue weighted by molar-refractivity contribution is -0.133. The van der Waals surface area contributed by atoms with E-state index in [-0.39, 0.29) is 11.9 Å². The highest BCUT2D eigenvalue weighted by Gasteiger charge is 2.33. The average molecular weight is 353 g/mol. The Morgan fingerprint density at radius 2 is 2.29 bits per heavy atom. The molecule has 5 heteroatoms. The van der Waals surface area contributed by atoms with Crippen LogP contribution in [0.1, 0.15) is 24.8 Å². The molecule has 4 nitrogen and oxygen atoms in total. The second-order valence-electron chi connectivity index (χ2n) is 5.81. The lowest BCUT2D eigenvalue weighted by Gasteiger charge is -2.28. The number of amides is 1. The van der Waals surface area contributed by atoms with E-state index in [4.69, 9.17) is 4.74 Å². The molecule has 114 valence electrons. The van der Waals surface area contributed by atoms with E-state index in [9.17, 15) is 4.79 Å². The molecule has 1 heterocycles. The van der Waals surface area contributed by atoms with Crippen molar-refractivity contribution in [1.29, 1.82) is 0 Å². The third-order valence-electron chi connectivity index (χ3n) is 3.97. The molecular weight excluding hydrogens is 332 g/mol. The number of hydrogen-bond donors (Lipinski definition) is 1. The number of rotatable bonds is 5. The minimum absolute atomic E-state index is 0.162. The molecule has 21 heavy (non-hydrogen) atoms. The summed E-state index contributed by atoms with van der Waals surface area (Å²) in [5.41, 5.74) is 1.18. The summed E-state index contributed by atoms with van der Waals surface area (Å²) in [6.07, 6.45) is 2.80. The minimum Gasteiger partial charge on any atom is -0.378 e. The van der Waals surface area contributed by atoms with E-state index in [1.54, 1.807) is 0 Å². The average Bonchev–Trinajstić information content (AvgIpc) is 3.30. The number of nitrogens with zero attached hydrogens (tertiary/aromatic N) is 1. The summed E-state index contributed by atoms with van der Waals surface area (Å²) >= 11 is 3.49. The molecule has 3 rings (SSSR count). The Bertz CT molecular complexity index is 499. The van der Waals surface area contributed by atoms with Gasteiger partial charge in [0.1, 0.15) is 0 Å². The standard InChI is InChI=1S/C16H21BrN2O2/c17-13-3-1-2-12(8-13)10-19(15-4-5-15)16(20)9-14-11-21-7-6-18-14/h1-3,8,14-15,18H,4-7,9-11H2. The van der Waals surface area contributed by atoms with Gasteiger partial charge in [-0.3, -0.25) is 4.79 Å². The fraction of sp³-hybridized carbons (Fsp3) is 0.562. The van der Waals surface area contributed by atoms with Crippen molar-refractivity contribution in [2.75, 3.05) is 19.8 Å². The molecule has 1 saturated heterocycles. The highest BCUT2D eigenvalue weighted by molar-refractivity contribution is 9.10. The van der Waals surface area contributed by atoms with Crippen LogP contribution in [-0.4, -0.2) is 42.6 Å². The maximum atomic E-state index is 12.6. The molecule has 1 amide bonds. The second kappa shape index (κ2) is 6.90. The molecule has 1 atom stereocenters. The molecule has 0 radical (unpaired) electrons. The quantitative estimate of drug-likeness (QED) is 0.884. The van der Waals surface area contributed by atoms with Gasteiger partial charge in [0.05, 0.1) is 13.2 Å². The Kier molecular flexibility index (Phi) is 4.93. The van der Waals surface area contributed by atoms with Crippen molar-refractivity contribution in [1.82, 2.24) is 10.2 Å². The van der Waals surface area contributed by atoms with Crippen LogP contribution in [0, 0.1) is 0 Å². The smallest absolute Gasteiger partial charge is 0.224 e. The van der Waals surface area contributed by atoms with E-state index in [0.717, 1.165) is 30.5 Å². The van der Waals surface area contributed by atoms with Gasteiger partial charge >= 0.3 is 0 Å². The van der Waals surface area contributed by atoms with Crippen LogP contribution in [0.15, 0.2) is 28.7 Å². The first-order valence-electron chi connectivity index (χ1n) is 7.57. The predicted molar refractivity (Wildman–Crippen MR) is 84.9 cm³/mol. The number of hydrogen-bond acceptors (Lipinski definition) is 3. The highest BCUT2D eigenvalue weighted by atomic mass is 79.9. The van der Waals surface area contributed by atoms with Gasteiger partial charge in [-0.25, -0.2) is 0 Å². The van der Waals surface area contributed by atoms with Crippen LogP contribution in [0.5, 0.6) is 0 Å². The third kappa shape index (κ3) is 4.28. The monoisotopic (exact) mass is 352 g/mol. The fourth-order valence-electron chi connectivity index (χ4n) is 2.72. The molecule has 1 unspecified atom stereocenters. The van der Waals surface area contributed by atoms with Gasteiger partial charge < -0.3 is 15.0 Å². The summed E-state index contributed by atoms with van der Waals surface area (Å²) < 4.78 is 6.49. The Labute approximate surface area is 134 Å². The van der Waals surface area contributed by atoms with Crippen molar-refractivity contribution in [2.45, 2.75) is 37.9 Å². The van der Waals surface area contributed by atoms with Gasteiger partial charge in [-0.05, 0) is 30.5 Å². The molecule has 1 aliphatic heterocycles. The lowest BCUT2D eigenvalue weighted by Crippen LogP contribution is -2.45. The van der Waals surface area contributed by atoms with Crippen LogP contribution in [0.25, 0.3) is 0 Å². The minimum atomic E-state index is 0.162. The summed E-state index contributed by atoms with van der Waals surface area (Å²) in [6.45, 7) is 2.93. The zero-order valence-electron chi connectivity index (χ0n) is 12.1. The van der Waals surface area contributed by atoms with E-state index in [1.165, 1.54) is 5.56 Å². The van der Waals surface area contributed by atoms with Gasteiger partial charge in [0.15, 0.2) is 0 Å². The van der Waals surface area contributed by atoms with E-state index >= 15 is 0 Å². The Morgan fingerprint density at radius 3 is 2.95 bits per heavy atom. The summed E-state index contributed by atoms with van der Waals surface area (Å²) in [7, 11) is 0. The molecule has 1 saturated carbocycles. The first-order chi connectivity index (χ1) is 10.2. The molecule has 2 aliphatic rings. The number of halogens is 1. The zero-order valence-corrected chi connectivity index (χ0v) is 13.6. The van der Waals surface area contributed by atoms with Gasteiger partial charge in [0, 0.05) is 36.1 Å². The first-order valence-corrected chi connectivity index (χ1v) is 8.37.